The van der Waals surface area contributed by atoms with E-state index in [2.05, 4.69) is 29.2 Å². The van der Waals surface area contributed by atoms with Crippen molar-refractivity contribution in [1.82, 2.24) is 19.9 Å². The van der Waals surface area contributed by atoms with Crippen molar-refractivity contribution in [3.05, 3.63) is 69.1 Å². The highest BCUT2D eigenvalue weighted by atomic mass is 35.5. The number of aromatic nitrogens is 3. The van der Waals surface area contributed by atoms with Gasteiger partial charge in [0.25, 0.3) is 5.69 Å². The lowest BCUT2D eigenvalue weighted by molar-refractivity contribution is -0.384. The van der Waals surface area contributed by atoms with Crippen LogP contribution in [-0.2, 0) is 11.3 Å². The molecule has 166 valence electrons. The number of ether oxygens (including phenoxy) is 1. The number of nitro benzene ring substituents is 1. The molecule has 10 heteroatoms. The number of nitrogens with zero attached hydrogens (tertiary/aromatic N) is 4. The minimum Gasteiger partial charge on any atom is -0.444 e. The summed E-state index contributed by atoms with van der Waals surface area (Å²) in [5.41, 5.74) is 2.06. The number of carbonyl (C=O) groups excluding carboxylic acids is 1. The number of alkyl carbamates (subject to hydrolysis) is 1. The van der Waals surface area contributed by atoms with Crippen LogP contribution in [-0.4, -0.2) is 31.2 Å². The second-order valence-corrected chi connectivity index (χ2v) is 8.44. The Bertz CT molecular complexity index is 1060. The Morgan fingerprint density at radius 1 is 1.32 bits per heavy atom. The number of nitrogens with one attached hydrogen (secondary N) is 1. The summed E-state index contributed by atoms with van der Waals surface area (Å²) >= 11 is 5.80. The molecule has 1 N–H and O–H groups in total. The molecule has 0 spiro atoms. The largest absolute Gasteiger partial charge is 0.444 e. The van der Waals surface area contributed by atoms with Crippen molar-refractivity contribution in [1.29, 1.82) is 0 Å². The summed E-state index contributed by atoms with van der Waals surface area (Å²) < 4.78 is 6.79. The first-order valence-electron chi connectivity index (χ1n) is 9.66. The summed E-state index contributed by atoms with van der Waals surface area (Å²) in [5, 5.41) is 17.8. The van der Waals surface area contributed by atoms with E-state index >= 15 is 0 Å². The summed E-state index contributed by atoms with van der Waals surface area (Å²) in [6, 6.07) is 7.81. The second kappa shape index (κ2) is 10.2. The molecule has 0 aliphatic heterocycles. The van der Waals surface area contributed by atoms with E-state index in [1.807, 2.05) is 12.4 Å². The highest BCUT2D eigenvalue weighted by Crippen LogP contribution is 2.19. The van der Waals surface area contributed by atoms with Crippen molar-refractivity contribution in [3.63, 3.8) is 0 Å². The number of benzene rings is 1. The van der Waals surface area contributed by atoms with E-state index in [0.29, 0.717) is 16.6 Å². The quantitative estimate of drug-likeness (QED) is 0.337. The number of halogens is 1. The molecule has 0 aliphatic carbocycles. The number of non-ortho nitro benzene ring substituents is 1. The van der Waals surface area contributed by atoms with Gasteiger partial charge in [0.05, 0.1) is 11.1 Å². The number of fused-ring (bicyclic) bond motifs is 1. The van der Waals surface area contributed by atoms with Gasteiger partial charge in [-0.2, -0.15) is 5.10 Å². The summed E-state index contributed by atoms with van der Waals surface area (Å²) in [6.07, 6.45) is 3.11. The maximum atomic E-state index is 11.4. The van der Waals surface area contributed by atoms with Crippen molar-refractivity contribution in [2.75, 3.05) is 0 Å². The fraction of sp³-hybridized carbons (Fsp3) is 0.381. The molecule has 2 aromatic heterocycles. The lowest BCUT2D eigenvalue weighted by Crippen LogP contribution is -2.32. The number of hydrogen-bond donors (Lipinski definition) is 1. The van der Waals surface area contributed by atoms with Gasteiger partial charge in [-0.05, 0) is 38.3 Å². The van der Waals surface area contributed by atoms with Crippen LogP contribution in [0.25, 0.3) is 5.65 Å². The first-order valence-corrected chi connectivity index (χ1v) is 10.0. The van der Waals surface area contributed by atoms with Crippen LogP contribution in [0, 0.1) is 10.1 Å². The molecule has 3 rings (SSSR count). The van der Waals surface area contributed by atoms with E-state index in [4.69, 9.17) is 16.3 Å². The molecule has 0 unspecified atom stereocenters. The number of carbonyl (C=O) groups is 1. The predicted molar refractivity (Wildman–Crippen MR) is 118 cm³/mol. The lowest BCUT2D eigenvalue weighted by Gasteiger charge is -2.19. The highest BCUT2D eigenvalue weighted by molar-refractivity contribution is 6.29. The number of hydrogen-bond acceptors (Lipinski definition) is 6. The molecule has 1 aromatic carbocycles. The SMILES string of the molecule is CC(C)(C)OC(=O)NCc1cccc([N+](=O)[O-])c1.CC(C)c1cnn2ccc(Cl)nc12. The van der Waals surface area contributed by atoms with Gasteiger partial charge in [0.1, 0.15) is 10.8 Å². The van der Waals surface area contributed by atoms with E-state index in [0.717, 1.165) is 11.2 Å². The van der Waals surface area contributed by atoms with Crippen LogP contribution in [0.2, 0.25) is 5.15 Å². The van der Waals surface area contributed by atoms with Crippen LogP contribution < -0.4 is 5.32 Å². The molecule has 31 heavy (non-hydrogen) atoms. The van der Waals surface area contributed by atoms with Crippen LogP contribution in [0.4, 0.5) is 10.5 Å². The fourth-order valence-electron chi connectivity index (χ4n) is 2.54. The van der Waals surface area contributed by atoms with Gasteiger partial charge >= 0.3 is 6.09 Å². The van der Waals surface area contributed by atoms with Gasteiger partial charge in [-0.25, -0.2) is 14.3 Å². The molecular formula is C21H26ClN5O4. The minimum atomic E-state index is -0.563. The first-order chi connectivity index (χ1) is 14.5. The Morgan fingerprint density at radius 3 is 2.65 bits per heavy atom. The average molecular weight is 448 g/mol. The number of amides is 1. The molecule has 1 amide bonds. The zero-order chi connectivity index (χ0) is 23.2. The smallest absolute Gasteiger partial charge is 0.407 e. The van der Waals surface area contributed by atoms with Crippen LogP contribution in [0.1, 0.15) is 51.7 Å². The third-order valence-corrected chi connectivity index (χ3v) is 4.15. The minimum absolute atomic E-state index is 0.00140. The molecule has 0 saturated carbocycles. The van der Waals surface area contributed by atoms with Gasteiger partial charge in [-0.1, -0.05) is 37.6 Å². The third kappa shape index (κ3) is 7.53. The van der Waals surface area contributed by atoms with E-state index in [9.17, 15) is 14.9 Å². The number of rotatable bonds is 4. The van der Waals surface area contributed by atoms with Crippen LogP contribution in [0.3, 0.4) is 0 Å². The Balaban J connectivity index is 0.000000231. The van der Waals surface area contributed by atoms with Crippen molar-refractivity contribution >= 4 is 29.0 Å². The molecule has 0 radical (unpaired) electrons. The van der Waals surface area contributed by atoms with E-state index in [-0.39, 0.29) is 12.2 Å². The van der Waals surface area contributed by atoms with Crippen molar-refractivity contribution in [3.8, 4) is 0 Å². The van der Waals surface area contributed by atoms with Gasteiger partial charge in [0, 0.05) is 30.4 Å². The summed E-state index contributed by atoms with van der Waals surface area (Å²) in [6.45, 7) is 9.70. The Kier molecular flexibility index (Phi) is 7.93. The normalized spacial score (nSPS) is 11.1. The Hall–Kier alpha value is -3.20. The molecule has 0 aliphatic rings. The topological polar surface area (TPSA) is 112 Å². The van der Waals surface area contributed by atoms with Crippen LogP contribution in [0.15, 0.2) is 42.7 Å². The summed E-state index contributed by atoms with van der Waals surface area (Å²) in [5.74, 6) is 0.420. The monoisotopic (exact) mass is 447 g/mol. The lowest BCUT2D eigenvalue weighted by atomic mass is 10.1. The fourth-order valence-corrected chi connectivity index (χ4v) is 2.68. The van der Waals surface area contributed by atoms with Crippen molar-refractivity contribution in [2.45, 2.75) is 52.7 Å². The van der Waals surface area contributed by atoms with Gasteiger partial charge in [0.15, 0.2) is 5.65 Å². The molecule has 0 atom stereocenters. The van der Waals surface area contributed by atoms with Gasteiger partial charge in [-0.3, -0.25) is 10.1 Å². The molecule has 2 heterocycles. The summed E-state index contributed by atoms with van der Waals surface area (Å²) in [4.78, 5) is 25.7. The molecule has 3 aromatic rings. The maximum Gasteiger partial charge on any atom is 0.407 e. The second-order valence-electron chi connectivity index (χ2n) is 8.06. The standard InChI is InChI=1S/C12H16N2O4.C9H10ClN3/c1-12(2,3)18-11(15)13-8-9-5-4-6-10(7-9)14(16)17;1-6(2)7-5-11-13-4-3-8(10)12-9(7)13/h4-7H,8H2,1-3H3,(H,13,15);3-6H,1-2H3. The molecule has 0 fully saturated rings. The summed E-state index contributed by atoms with van der Waals surface area (Å²) in [7, 11) is 0. The van der Waals surface area contributed by atoms with Gasteiger partial charge in [-0.15, -0.1) is 0 Å². The van der Waals surface area contributed by atoms with Crippen LogP contribution >= 0.6 is 11.6 Å². The zero-order valence-corrected chi connectivity index (χ0v) is 18.9. The average Bonchev–Trinajstić information content (AvgIpc) is 3.09. The molecular weight excluding hydrogens is 422 g/mol. The van der Waals surface area contributed by atoms with Crippen LogP contribution in [0.5, 0.6) is 0 Å². The molecule has 0 saturated heterocycles. The van der Waals surface area contributed by atoms with E-state index < -0.39 is 16.6 Å². The molecule has 9 nitrogen and oxygen atoms in total. The molecule has 0 bridgehead atoms. The van der Waals surface area contributed by atoms with Crippen molar-refractivity contribution in [2.24, 2.45) is 0 Å². The predicted octanol–water partition coefficient (Wildman–Crippen LogP) is 5.13. The first kappa shape index (κ1) is 24.1. The maximum absolute atomic E-state index is 11.4. The van der Waals surface area contributed by atoms with E-state index in [1.165, 1.54) is 12.1 Å². The van der Waals surface area contributed by atoms with Crippen molar-refractivity contribution < 1.29 is 14.5 Å². The zero-order valence-electron chi connectivity index (χ0n) is 18.1. The van der Waals surface area contributed by atoms with Gasteiger partial charge in [0.2, 0.25) is 0 Å². The van der Waals surface area contributed by atoms with E-state index in [1.54, 1.807) is 43.5 Å². The van der Waals surface area contributed by atoms with Gasteiger partial charge < -0.3 is 10.1 Å². The Labute approximate surface area is 185 Å². The number of nitro groups is 1. The Morgan fingerprint density at radius 2 is 2.03 bits per heavy atom. The highest BCUT2D eigenvalue weighted by Gasteiger charge is 2.16. The third-order valence-electron chi connectivity index (χ3n) is 3.94.